The van der Waals surface area contributed by atoms with Gasteiger partial charge in [0.1, 0.15) is 12.6 Å². The number of ether oxygens (including phenoxy) is 1. The van der Waals surface area contributed by atoms with Gasteiger partial charge >= 0.3 is 0 Å². The molecule has 5 rings (SSSR count). The van der Waals surface area contributed by atoms with Crippen LogP contribution in [0.3, 0.4) is 0 Å². The Morgan fingerprint density at radius 2 is 1.84 bits per heavy atom. The van der Waals surface area contributed by atoms with Crippen molar-refractivity contribution in [2.75, 3.05) is 50.8 Å². The summed E-state index contributed by atoms with van der Waals surface area (Å²) in [6.07, 6.45) is 5.74. The second-order valence-corrected chi connectivity index (χ2v) is 11.3. The highest BCUT2D eigenvalue weighted by molar-refractivity contribution is 5.99. The molecule has 1 aromatic rings. The van der Waals surface area contributed by atoms with Crippen LogP contribution in [0.25, 0.3) is 0 Å². The highest BCUT2D eigenvalue weighted by Gasteiger charge is 2.53. The number of amides is 2. The number of likely N-dealkylation sites (tertiary alicyclic amines) is 1. The van der Waals surface area contributed by atoms with Gasteiger partial charge in [0.15, 0.2) is 5.78 Å². The van der Waals surface area contributed by atoms with E-state index in [-0.39, 0.29) is 36.2 Å². The van der Waals surface area contributed by atoms with Crippen LogP contribution in [0.4, 0.5) is 5.69 Å². The molecule has 4 atom stereocenters. The number of primary amides is 1. The number of anilines is 1. The third-order valence-corrected chi connectivity index (χ3v) is 9.19. The van der Waals surface area contributed by atoms with Gasteiger partial charge < -0.3 is 25.2 Å². The number of piperazine rings is 1. The Hall–Kier alpha value is -2.45. The summed E-state index contributed by atoms with van der Waals surface area (Å²) in [6, 6.07) is 5.33. The van der Waals surface area contributed by atoms with Gasteiger partial charge in [-0.25, -0.2) is 0 Å². The summed E-state index contributed by atoms with van der Waals surface area (Å²) >= 11 is 0. The predicted molar refractivity (Wildman–Crippen MR) is 143 cm³/mol. The first-order chi connectivity index (χ1) is 17.9. The quantitative estimate of drug-likeness (QED) is 0.578. The van der Waals surface area contributed by atoms with Crippen LogP contribution in [0, 0.1) is 11.8 Å². The van der Waals surface area contributed by atoms with Crippen LogP contribution >= 0.6 is 0 Å². The minimum absolute atomic E-state index is 0.000189. The molecule has 0 radical (unpaired) electrons. The summed E-state index contributed by atoms with van der Waals surface area (Å²) in [5.41, 5.74) is 8.08. The molecule has 4 aliphatic rings. The molecule has 2 N–H and O–H groups in total. The lowest BCUT2D eigenvalue weighted by molar-refractivity contribution is -0.138. The maximum absolute atomic E-state index is 14.5. The average Bonchev–Trinajstić information content (AvgIpc) is 3.64. The van der Waals surface area contributed by atoms with E-state index in [1.807, 2.05) is 18.2 Å². The number of benzene rings is 1. The van der Waals surface area contributed by atoms with Gasteiger partial charge in [-0.15, -0.1) is 0 Å². The Bertz CT molecular complexity index is 1020. The molecule has 1 saturated carbocycles. The molecule has 0 aromatic heterocycles. The molecular formula is C29H42N4O4. The van der Waals surface area contributed by atoms with E-state index < -0.39 is 17.9 Å². The van der Waals surface area contributed by atoms with Crippen molar-refractivity contribution in [1.82, 2.24) is 9.80 Å². The first kappa shape index (κ1) is 26.2. The smallest absolute Gasteiger partial charge is 0.249 e. The number of ketones is 1. The summed E-state index contributed by atoms with van der Waals surface area (Å²) in [7, 11) is 0. The Kier molecular flexibility index (Phi) is 7.86. The van der Waals surface area contributed by atoms with E-state index in [1.165, 1.54) is 0 Å². The van der Waals surface area contributed by atoms with Gasteiger partial charge in [-0.2, -0.15) is 0 Å². The van der Waals surface area contributed by atoms with E-state index in [0.29, 0.717) is 12.1 Å². The standard InChI is InChI=1S/C29H42N4O4/c1-3-7-20-17-33(26-24(34)18-37-27(20)26)29(36)25(19-8-5-6-9-19)23-16-21(10-11-22(23)28(30)35)32-14-12-31(4-2)13-15-32/h10-11,16,19-20,25-27H,3-9,12-15,17-18H2,1-2H3,(H2,30,35)/t20-,25+,26-,27-/m1/s1. The van der Waals surface area contributed by atoms with Gasteiger partial charge in [-0.1, -0.05) is 33.1 Å². The number of carbonyl (C=O) groups is 3. The minimum atomic E-state index is -0.504. The van der Waals surface area contributed by atoms with Gasteiger partial charge in [-0.05, 0) is 55.5 Å². The summed E-state index contributed by atoms with van der Waals surface area (Å²) in [5, 5.41) is 0. The number of likely N-dealkylation sites (N-methyl/N-ethyl adjacent to an activating group) is 1. The van der Waals surface area contributed by atoms with Gasteiger partial charge in [0.2, 0.25) is 11.8 Å². The zero-order valence-corrected chi connectivity index (χ0v) is 22.4. The number of rotatable bonds is 8. The van der Waals surface area contributed by atoms with Crippen molar-refractivity contribution in [1.29, 1.82) is 0 Å². The molecule has 1 aromatic carbocycles. The van der Waals surface area contributed by atoms with Crippen LogP contribution in [0.15, 0.2) is 18.2 Å². The zero-order chi connectivity index (χ0) is 26.1. The van der Waals surface area contributed by atoms with E-state index in [2.05, 4.69) is 23.6 Å². The summed E-state index contributed by atoms with van der Waals surface area (Å²) in [4.78, 5) is 46.5. The molecular weight excluding hydrogens is 468 g/mol. The van der Waals surface area contributed by atoms with Gasteiger partial charge in [0, 0.05) is 49.9 Å². The molecule has 0 spiro atoms. The molecule has 202 valence electrons. The molecule has 0 unspecified atom stereocenters. The fourth-order valence-electron chi connectivity index (χ4n) is 7.22. The maximum Gasteiger partial charge on any atom is 0.249 e. The molecule has 3 heterocycles. The number of hydrogen-bond acceptors (Lipinski definition) is 6. The summed E-state index contributed by atoms with van der Waals surface area (Å²) in [5.74, 6) is -0.701. The molecule has 4 fully saturated rings. The van der Waals surface area contributed by atoms with Crippen LogP contribution in [-0.4, -0.2) is 85.4 Å². The third kappa shape index (κ3) is 5.02. The van der Waals surface area contributed by atoms with Crippen molar-refractivity contribution in [2.24, 2.45) is 17.6 Å². The van der Waals surface area contributed by atoms with Crippen molar-refractivity contribution in [3.05, 3.63) is 29.3 Å². The average molecular weight is 511 g/mol. The van der Waals surface area contributed by atoms with Crippen molar-refractivity contribution in [3.63, 3.8) is 0 Å². The largest absolute Gasteiger partial charge is 0.369 e. The second kappa shape index (κ2) is 11.1. The highest BCUT2D eigenvalue weighted by Crippen LogP contribution is 2.44. The first-order valence-electron chi connectivity index (χ1n) is 14.3. The topological polar surface area (TPSA) is 96.2 Å². The Balaban J connectivity index is 1.51. The van der Waals surface area contributed by atoms with Gasteiger partial charge in [0.25, 0.3) is 0 Å². The monoisotopic (exact) mass is 510 g/mol. The summed E-state index contributed by atoms with van der Waals surface area (Å²) < 4.78 is 5.90. The molecule has 2 amide bonds. The maximum atomic E-state index is 14.5. The first-order valence-corrected chi connectivity index (χ1v) is 14.3. The fraction of sp³-hybridized carbons (Fsp3) is 0.690. The molecule has 3 aliphatic heterocycles. The molecule has 3 saturated heterocycles. The molecule has 1 aliphatic carbocycles. The van der Waals surface area contributed by atoms with Crippen molar-refractivity contribution >= 4 is 23.3 Å². The number of fused-ring (bicyclic) bond motifs is 1. The lowest BCUT2D eigenvalue weighted by atomic mass is 9.80. The van der Waals surface area contributed by atoms with Gasteiger partial charge in [0.05, 0.1) is 12.0 Å². The fourth-order valence-corrected chi connectivity index (χ4v) is 7.22. The molecule has 0 bridgehead atoms. The van der Waals surface area contributed by atoms with Crippen LogP contribution in [-0.2, 0) is 14.3 Å². The lowest BCUT2D eigenvalue weighted by Crippen LogP contribution is -2.46. The Morgan fingerprint density at radius 1 is 1.11 bits per heavy atom. The van der Waals surface area contributed by atoms with Crippen LogP contribution < -0.4 is 10.6 Å². The van der Waals surface area contributed by atoms with E-state index in [9.17, 15) is 14.4 Å². The number of nitrogens with zero attached hydrogens (tertiary/aromatic N) is 3. The number of hydrogen-bond donors (Lipinski definition) is 1. The SMILES string of the molecule is CCC[C@@H]1CN(C(=O)[C@H](c2cc(N3CCN(CC)CC3)ccc2C(N)=O)C2CCCC2)[C@@H]2C(=O)CO[C@H]12. The van der Waals surface area contributed by atoms with Crippen LogP contribution in [0.1, 0.15) is 74.2 Å². The van der Waals surface area contributed by atoms with Crippen LogP contribution in [0.5, 0.6) is 0 Å². The van der Waals surface area contributed by atoms with Crippen LogP contribution in [0.2, 0.25) is 0 Å². The molecule has 37 heavy (non-hydrogen) atoms. The van der Waals surface area contributed by atoms with E-state index in [0.717, 1.165) is 82.5 Å². The Morgan fingerprint density at radius 3 is 2.49 bits per heavy atom. The van der Waals surface area contributed by atoms with E-state index >= 15 is 0 Å². The number of nitrogens with two attached hydrogens (primary N) is 1. The van der Waals surface area contributed by atoms with Crippen molar-refractivity contribution in [3.8, 4) is 0 Å². The predicted octanol–water partition coefficient (Wildman–Crippen LogP) is 2.80. The van der Waals surface area contributed by atoms with E-state index in [4.69, 9.17) is 10.5 Å². The second-order valence-electron chi connectivity index (χ2n) is 11.3. The minimum Gasteiger partial charge on any atom is -0.369 e. The van der Waals surface area contributed by atoms with Crippen molar-refractivity contribution in [2.45, 2.75) is 70.4 Å². The summed E-state index contributed by atoms with van der Waals surface area (Å²) in [6.45, 7) is 9.78. The molecule has 8 heteroatoms. The van der Waals surface area contributed by atoms with Gasteiger partial charge in [-0.3, -0.25) is 14.4 Å². The number of carbonyl (C=O) groups excluding carboxylic acids is 3. The lowest BCUT2D eigenvalue weighted by Gasteiger charge is -2.36. The van der Waals surface area contributed by atoms with E-state index in [1.54, 1.807) is 4.90 Å². The Labute approximate surface area is 220 Å². The normalized spacial score (nSPS) is 27.6. The molecule has 8 nitrogen and oxygen atoms in total. The zero-order valence-electron chi connectivity index (χ0n) is 22.4. The third-order valence-electron chi connectivity index (χ3n) is 9.19. The number of Topliss-reactive ketones (excluding diaryl/α,β-unsaturated/α-hetero) is 1. The van der Waals surface area contributed by atoms with Crippen molar-refractivity contribution < 1.29 is 19.1 Å². The highest BCUT2D eigenvalue weighted by atomic mass is 16.5.